The zero-order valence-electron chi connectivity index (χ0n) is 30.1. The highest BCUT2D eigenvalue weighted by Gasteiger charge is 2.31. The number of nitrogens with zero attached hydrogens (tertiary/aromatic N) is 1. The van der Waals surface area contributed by atoms with Crippen molar-refractivity contribution in [3.8, 4) is 0 Å². The molecule has 0 saturated heterocycles. The molecule has 0 spiro atoms. The average molecular weight is 703 g/mol. The van der Waals surface area contributed by atoms with Gasteiger partial charge >= 0.3 is 0 Å². The lowest BCUT2D eigenvalue weighted by atomic mass is 9.87. The molecular weight excluding hydrogens is 646 g/mol. The lowest BCUT2D eigenvalue weighted by molar-refractivity contribution is -0.904. The van der Waals surface area contributed by atoms with Gasteiger partial charge in [-0.2, -0.15) is 11.3 Å². The number of pyridine rings is 1. The fourth-order valence-corrected chi connectivity index (χ4v) is 5.82. The summed E-state index contributed by atoms with van der Waals surface area (Å²) in [6.45, 7) is 15.8. The van der Waals surface area contributed by atoms with Gasteiger partial charge < -0.3 is 31.9 Å². The molecule has 13 nitrogen and oxygen atoms in total. The van der Waals surface area contributed by atoms with E-state index >= 15 is 0 Å². The van der Waals surface area contributed by atoms with E-state index in [1.165, 1.54) is 35.9 Å². The lowest BCUT2D eigenvalue weighted by Gasteiger charge is -2.29. The molecule has 272 valence electrons. The van der Waals surface area contributed by atoms with Crippen LogP contribution in [0.3, 0.4) is 0 Å². The zero-order valence-corrected chi connectivity index (χ0v) is 30.9. The minimum Gasteiger partial charge on any atom is -0.355 e. The van der Waals surface area contributed by atoms with Gasteiger partial charge in [0.2, 0.25) is 36.0 Å². The van der Waals surface area contributed by atoms with E-state index in [1.807, 2.05) is 65.3 Å². The van der Waals surface area contributed by atoms with Crippen LogP contribution in [0.5, 0.6) is 0 Å². The van der Waals surface area contributed by atoms with Gasteiger partial charge in [0.25, 0.3) is 5.91 Å². The molecule has 49 heavy (non-hydrogen) atoms. The quantitative estimate of drug-likeness (QED) is 0.0865. The van der Waals surface area contributed by atoms with Crippen LogP contribution in [0, 0.1) is 11.3 Å². The smallest absolute Gasteiger partial charge is 0.252 e. The van der Waals surface area contributed by atoms with Crippen molar-refractivity contribution in [2.45, 2.75) is 111 Å². The van der Waals surface area contributed by atoms with Crippen molar-refractivity contribution in [3.63, 3.8) is 0 Å². The Morgan fingerprint density at radius 3 is 2.06 bits per heavy atom. The van der Waals surface area contributed by atoms with Gasteiger partial charge in [-0.1, -0.05) is 48.0 Å². The van der Waals surface area contributed by atoms with Gasteiger partial charge in [-0.15, -0.1) is 0 Å². The Morgan fingerprint density at radius 1 is 0.857 bits per heavy atom. The number of carbonyl (C=O) groups excluding carboxylic acids is 5. The summed E-state index contributed by atoms with van der Waals surface area (Å²) in [5.74, 6) is -2.01. The summed E-state index contributed by atoms with van der Waals surface area (Å²) in [6.07, 6.45) is 4.44. The van der Waals surface area contributed by atoms with Crippen molar-refractivity contribution >= 4 is 40.9 Å². The number of rotatable bonds is 19. The summed E-state index contributed by atoms with van der Waals surface area (Å²) in [5.41, 5.74) is 0.968. The van der Waals surface area contributed by atoms with Crippen molar-refractivity contribution < 1.29 is 33.9 Å². The first-order valence-electron chi connectivity index (χ1n) is 17.0. The molecule has 7 N–H and O–H groups in total. The summed E-state index contributed by atoms with van der Waals surface area (Å²) >= 11 is 1.54. The maximum absolute atomic E-state index is 13.7. The molecule has 0 aromatic carbocycles. The molecule has 0 unspecified atom stereocenters. The standard InChI is InChI=1S/C35H55N7O6S/c1-9-11-27(39-33(46)28(19-35(6,7)8)40-31(44)25-12-15-42(48)16-13-25)32(45)38-26(18-24-14-17-49-21-24)20-37-23(5)30(43)41-29(22(3)4)34(47)36-10-2/h12-17,21-23,26-29,37H,9-11,18-20H2,1-8H3,(H5-,36,38,39,40,41,43,44,45,46,47,48)/p+1/t23-,26-,27-,28-,29-/m0/s1. The molecule has 0 radical (unpaired) electrons. The molecule has 2 heterocycles. The molecule has 5 atom stereocenters. The van der Waals surface area contributed by atoms with Crippen LogP contribution < -0.4 is 36.6 Å². The van der Waals surface area contributed by atoms with E-state index in [-0.39, 0.29) is 41.2 Å². The van der Waals surface area contributed by atoms with E-state index < -0.39 is 42.0 Å². The van der Waals surface area contributed by atoms with E-state index in [2.05, 4.69) is 31.9 Å². The van der Waals surface area contributed by atoms with Gasteiger partial charge in [-0.25, -0.2) is 0 Å². The van der Waals surface area contributed by atoms with Gasteiger partial charge in [0, 0.05) is 36.0 Å². The number of amides is 5. The summed E-state index contributed by atoms with van der Waals surface area (Å²) < 4.78 is 0.817. The van der Waals surface area contributed by atoms with Crippen LogP contribution in [0.15, 0.2) is 41.4 Å². The molecule has 2 aromatic rings. The number of hydrogen-bond donors (Lipinski definition) is 7. The highest BCUT2D eigenvalue weighted by molar-refractivity contribution is 7.07. The van der Waals surface area contributed by atoms with E-state index in [0.29, 0.717) is 32.2 Å². The number of carbonyl (C=O) groups is 5. The third kappa shape index (κ3) is 14.5. The first-order chi connectivity index (χ1) is 23.0. The Morgan fingerprint density at radius 2 is 1.51 bits per heavy atom. The Labute approximate surface area is 294 Å². The summed E-state index contributed by atoms with van der Waals surface area (Å²) in [4.78, 5) is 65.9. The number of nitrogens with one attached hydrogen (secondary N) is 6. The van der Waals surface area contributed by atoms with E-state index in [1.54, 1.807) is 6.92 Å². The third-order valence-corrected chi connectivity index (χ3v) is 8.53. The van der Waals surface area contributed by atoms with E-state index in [0.717, 1.165) is 10.3 Å². The third-order valence-electron chi connectivity index (χ3n) is 7.79. The molecular formula is C35H56N7O6S+. The van der Waals surface area contributed by atoms with Crippen molar-refractivity contribution in [1.29, 1.82) is 0 Å². The first kappa shape index (κ1) is 41.1. The fourth-order valence-electron chi connectivity index (χ4n) is 5.14. The minimum absolute atomic E-state index is 0.109. The molecule has 0 aliphatic heterocycles. The predicted octanol–water partition coefficient (Wildman–Crippen LogP) is 2.07. The van der Waals surface area contributed by atoms with Crippen molar-refractivity contribution in [1.82, 2.24) is 31.9 Å². The second kappa shape index (κ2) is 19.8. The van der Waals surface area contributed by atoms with Crippen molar-refractivity contribution in [2.75, 3.05) is 13.1 Å². The molecule has 2 rings (SSSR count). The predicted molar refractivity (Wildman–Crippen MR) is 189 cm³/mol. The zero-order chi connectivity index (χ0) is 36.7. The molecule has 0 bridgehead atoms. The number of thiophene rings is 1. The Balaban J connectivity index is 2.17. The van der Waals surface area contributed by atoms with E-state index in [4.69, 9.17) is 0 Å². The Bertz CT molecular complexity index is 1360. The Hall–Kier alpha value is -4.04. The number of hydrogen-bond acceptors (Lipinski definition) is 8. The second-order valence-electron chi connectivity index (χ2n) is 13.9. The number of likely N-dealkylation sites (N-methyl/N-ethyl adjacent to an activating group) is 1. The first-order valence-corrected chi connectivity index (χ1v) is 17.9. The van der Waals surface area contributed by atoms with Gasteiger partial charge in [-0.3, -0.25) is 29.2 Å². The molecule has 0 fully saturated rings. The second-order valence-corrected chi connectivity index (χ2v) is 14.7. The summed E-state index contributed by atoms with van der Waals surface area (Å²) in [5, 5.41) is 31.0. The molecule has 0 aliphatic carbocycles. The monoisotopic (exact) mass is 702 g/mol. The SMILES string of the molecule is CCC[C@H](NC(=O)[C@H](CC(C)(C)C)NC(=O)c1cc[n+](O)cc1)C(=O)N[C@H](CN[C@@H](C)C(=O)N[C@H](C(=O)NCC)C(C)C)Cc1ccsc1. The van der Waals surface area contributed by atoms with Crippen LogP contribution in [0.4, 0.5) is 0 Å². The molecule has 2 aromatic heterocycles. The van der Waals surface area contributed by atoms with Gasteiger partial charge in [0.15, 0.2) is 0 Å². The topological polar surface area (TPSA) is 182 Å². The lowest BCUT2D eigenvalue weighted by Crippen LogP contribution is -2.58. The van der Waals surface area contributed by atoms with Gasteiger partial charge in [0.05, 0.1) is 11.6 Å². The van der Waals surface area contributed by atoms with Gasteiger partial charge in [0.1, 0.15) is 18.1 Å². The van der Waals surface area contributed by atoms with Crippen LogP contribution in [-0.4, -0.2) is 78.0 Å². The van der Waals surface area contributed by atoms with Gasteiger partial charge in [-0.05, 0) is 66.8 Å². The maximum atomic E-state index is 13.7. The highest BCUT2D eigenvalue weighted by atomic mass is 32.1. The summed E-state index contributed by atoms with van der Waals surface area (Å²) in [6, 6.07) is 1.31. The Kier molecular flexibility index (Phi) is 16.6. The average Bonchev–Trinajstić information content (AvgIpc) is 3.54. The largest absolute Gasteiger partial charge is 0.355 e. The highest BCUT2D eigenvalue weighted by Crippen LogP contribution is 2.21. The van der Waals surface area contributed by atoms with E-state index in [9.17, 15) is 29.2 Å². The summed E-state index contributed by atoms with van der Waals surface area (Å²) in [7, 11) is 0. The normalized spacial score (nSPS) is 14.6. The maximum Gasteiger partial charge on any atom is 0.252 e. The fraction of sp³-hybridized carbons (Fsp3) is 0.600. The molecule has 5 amide bonds. The van der Waals surface area contributed by atoms with Crippen molar-refractivity contribution in [3.05, 3.63) is 52.5 Å². The molecule has 14 heteroatoms. The van der Waals surface area contributed by atoms with Crippen LogP contribution in [0.25, 0.3) is 0 Å². The van der Waals surface area contributed by atoms with Crippen LogP contribution in [0.2, 0.25) is 0 Å². The molecule has 0 saturated carbocycles. The van der Waals surface area contributed by atoms with Crippen molar-refractivity contribution in [2.24, 2.45) is 11.3 Å². The number of aromatic nitrogens is 1. The van der Waals surface area contributed by atoms with Crippen LogP contribution >= 0.6 is 11.3 Å². The van der Waals surface area contributed by atoms with Crippen LogP contribution in [0.1, 0.15) is 90.6 Å². The van der Waals surface area contributed by atoms with Crippen LogP contribution in [-0.2, 0) is 25.6 Å². The molecule has 0 aliphatic rings. The minimum atomic E-state index is -0.919.